The molecule has 0 radical (unpaired) electrons. The lowest BCUT2D eigenvalue weighted by molar-refractivity contribution is -0.633. The van der Waals surface area contributed by atoms with E-state index in [-0.39, 0.29) is 0 Å². The Morgan fingerprint density at radius 3 is 1.62 bits per heavy atom. The summed E-state index contributed by atoms with van der Waals surface area (Å²) < 4.78 is 2.24. The van der Waals surface area contributed by atoms with Gasteiger partial charge in [-0.05, 0) is 91.0 Å². The number of nitrogens with zero attached hydrogens (tertiary/aromatic N) is 1. The van der Waals surface area contributed by atoms with E-state index in [0.29, 0.717) is 0 Å². The van der Waals surface area contributed by atoms with E-state index in [1.165, 1.54) is 65.7 Å². The van der Waals surface area contributed by atoms with Crippen molar-refractivity contribution in [3.8, 4) is 33.6 Å². The lowest BCUT2D eigenvalue weighted by atomic mass is 9.85. The highest BCUT2D eigenvalue weighted by atomic mass is 15.1. The van der Waals surface area contributed by atoms with Gasteiger partial charge in [-0.15, -0.1) is 0 Å². The minimum atomic E-state index is 1.11. The Kier molecular flexibility index (Phi) is 5.08. The van der Waals surface area contributed by atoms with Crippen LogP contribution in [0.25, 0.3) is 77.0 Å². The number of H-pyrrole nitrogens is 1. The Bertz CT molecular complexity index is 2160. The molecule has 2 nitrogen and oxygen atoms in total. The topological polar surface area (TPSA) is 19.7 Å². The first-order chi connectivity index (χ1) is 19.8. The number of benzene rings is 7. The van der Waals surface area contributed by atoms with Crippen LogP contribution in [0, 0.1) is 0 Å². The summed E-state index contributed by atoms with van der Waals surface area (Å²) in [5, 5.41) is 7.60. The van der Waals surface area contributed by atoms with Crippen LogP contribution in [0.5, 0.6) is 0 Å². The zero-order valence-corrected chi connectivity index (χ0v) is 22.2. The zero-order valence-electron chi connectivity index (χ0n) is 22.2. The van der Waals surface area contributed by atoms with Crippen LogP contribution in [-0.2, 0) is 7.05 Å². The molecule has 0 aliphatic carbocycles. The summed E-state index contributed by atoms with van der Waals surface area (Å²) >= 11 is 0. The second-order valence-electron chi connectivity index (χ2n) is 10.5. The fourth-order valence-corrected chi connectivity index (χ4v) is 6.37. The van der Waals surface area contributed by atoms with Crippen molar-refractivity contribution >= 4 is 43.4 Å². The standard InChI is InChI=1S/C38H26N2/c1-40-35-22-21-29(24-34(35)39-38(40)26-12-3-2-4-13-26)37-32-17-9-7-15-30(32)36(31-16-8-10-18-33(31)37)28-20-19-25-11-5-6-14-27(25)23-28/h2-24H,1H3/p+1. The molecule has 1 heterocycles. The molecule has 0 aliphatic heterocycles. The molecule has 8 rings (SSSR count). The molecule has 0 unspecified atom stereocenters. The van der Waals surface area contributed by atoms with Crippen molar-refractivity contribution < 1.29 is 4.57 Å². The van der Waals surface area contributed by atoms with Crippen LogP contribution in [-0.4, -0.2) is 4.98 Å². The average Bonchev–Trinajstić information content (AvgIpc) is 3.35. The van der Waals surface area contributed by atoms with Crippen LogP contribution in [0.3, 0.4) is 0 Å². The minimum Gasteiger partial charge on any atom is -0.236 e. The maximum absolute atomic E-state index is 3.70. The maximum Gasteiger partial charge on any atom is 0.287 e. The van der Waals surface area contributed by atoms with E-state index in [0.717, 1.165) is 11.3 Å². The van der Waals surface area contributed by atoms with Gasteiger partial charge in [0.05, 0.1) is 12.6 Å². The molecule has 2 heteroatoms. The molecule has 0 saturated heterocycles. The predicted octanol–water partition coefficient (Wildman–Crippen LogP) is 9.45. The summed E-state index contributed by atoms with van der Waals surface area (Å²) in [7, 11) is 2.13. The quantitative estimate of drug-likeness (QED) is 0.180. The molecular weight excluding hydrogens is 484 g/mol. The number of hydrogen-bond acceptors (Lipinski definition) is 0. The Balaban J connectivity index is 1.41. The van der Waals surface area contributed by atoms with Gasteiger partial charge in [-0.1, -0.05) is 103 Å². The third-order valence-electron chi connectivity index (χ3n) is 8.25. The van der Waals surface area contributed by atoms with Crippen molar-refractivity contribution in [2.75, 3.05) is 0 Å². The zero-order chi connectivity index (χ0) is 26.6. The highest BCUT2D eigenvalue weighted by Crippen LogP contribution is 2.44. The van der Waals surface area contributed by atoms with Crippen LogP contribution >= 0.6 is 0 Å². The molecule has 7 aromatic carbocycles. The van der Waals surface area contributed by atoms with E-state index in [9.17, 15) is 0 Å². The fourth-order valence-electron chi connectivity index (χ4n) is 6.37. The summed E-state index contributed by atoms with van der Waals surface area (Å²) in [6, 6.07) is 50.5. The number of aryl methyl sites for hydroxylation is 1. The second kappa shape index (κ2) is 8.93. The van der Waals surface area contributed by atoms with Gasteiger partial charge in [0.1, 0.15) is 0 Å². The Hall–Kier alpha value is -5.21. The van der Waals surface area contributed by atoms with Gasteiger partial charge in [0.15, 0.2) is 11.0 Å². The van der Waals surface area contributed by atoms with Crippen LogP contribution in [0.15, 0.2) is 140 Å². The molecule has 0 amide bonds. The van der Waals surface area contributed by atoms with Gasteiger partial charge in [-0.2, -0.15) is 0 Å². The molecule has 188 valence electrons. The van der Waals surface area contributed by atoms with Crippen molar-refractivity contribution in [1.82, 2.24) is 4.98 Å². The van der Waals surface area contributed by atoms with E-state index in [2.05, 4.69) is 156 Å². The van der Waals surface area contributed by atoms with Gasteiger partial charge < -0.3 is 0 Å². The lowest BCUT2D eigenvalue weighted by Gasteiger charge is -2.18. The van der Waals surface area contributed by atoms with Crippen LogP contribution in [0.1, 0.15) is 0 Å². The van der Waals surface area contributed by atoms with E-state index in [1.807, 2.05) is 0 Å². The summed E-state index contributed by atoms with van der Waals surface area (Å²) in [6.07, 6.45) is 0. The molecule has 40 heavy (non-hydrogen) atoms. The molecular formula is C38H27N2+. The van der Waals surface area contributed by atoms with Crippen molar-refractivity contribution in [3.05, 3.63) is 140 Å². The molecule has 1 N–H and O–H groups in total. The molecule has 0 atom stereocenters. The van der Waals surface area contributed by atoms with Crippen molar-refractivity contribution in [2.24, 2.45) is 7.05 Å². The number of rotatable bonds is 3. The first-order valence-corrected chi connectivity index (χ1v) is 13.8. The van der Waals surface area contributed by atoms with E-state index in [1.54, 1.807) is 0 Å². The van der Waals surface area contributed by atoms with Gasteiger partial charge >= 0.3 is 0 Å². The summed E-state index contributed by atoms with van der Waals surface area (Å²) in [4.78, 5) is 3.70. The van der Waals surface area contributed by atoms with Gasteiger partial charge in [0.25, 0.3) is 5.82 Å². The molecule has 0 saturated carbocycles. The number of hydrogen-bond donors (Lipinski definition) is 1. The number of nitrogens with one attached hydrogen (secondary N) is 1. The predicted molar refractivity (Wildman–Crippen MR) is 168 cm³/mol. The molecule has 8 aromatic rings. The van der Waals surface area contributed by atoms with Gasteiger partial charge in [0, 0.05) is 0 Å². The average molecular weight is 512 g/mol. The van der Waals surface area contributed by atoms with E-state index >= 15 is 0 Å². The fraction of sp³-hybridized carbons (Fsp3) is 0.0263. The molecule has 0 fully saturated rings. The van der Waals surface area contributed by atoms with Crippen LogP contribution in [0.4, 0.5) is 0 Å². The lowest BCUT2D eigenvalue weighted by Crippen LogP contribution is -2.28. The number of aromatic amines is 1. The highest BCUT2D eigenvalue weighted by molar-refractivity contribution is 6.22. The van der Waals surface area contributed by atoms with Gasteiger partial charge in [-0.25, -0.2) is 9.55 Å². The largest absolute Gasteiger partial charge is 0.287 e. The summed E-state index contributed by atoms with van der Waals surface area (Å²) in [6.45, 7) is 0. The monoisotopic (exact) mass is 511 g/mol. The SMILES string of the molecule is C[n+]1c(-c2ccccc2)[nH]c2cc(-c3c4ccccc4c(-c4ccc5ccccc5c4)c4ccccc34)ccc21. The van der Waals surface area contributed by atoms with Crippen LogP contribution in [0.2, 0.25) is 0 Å². The number of aromatic nitrogens is 2. The molecule has 0 spiro atoms. The Morgan fingerprint density at radius 1 is 0.450 bits per heavy atom. The highest BCUT2D eigenvalue weighted by Gasteiger charge is 2.20. The van der Waals surface area contributed by atoms with E-state index in [4.69, 9.17) is 0 Å². The summed E-state index contributed by atoms with van der Waals surface area (Å²) in [5.41, 5.74) is 8.52. The first-order valence-electron chi connectivity index (χ1n) is 13.8. The molecule has 1 aromatic heterocycles. The smallest absolute Gasteiger partial charge is 0.236 e. The van der Waals surface area contributed by atoms with Gasteiger partial charge in [0.2, 0.25) is 0 Å². The van der Waals surface area contributed by atoms with Crippen molar-refractivity contribution in [1.29, 1.82) is 0 Å². The molecule has 0 aliphatic rings. The third-order valence-corrected chi connectivity index (χ3v) is 8.25. The molecule has 0 bridgehead atoms. The minimum absolute atomic E-state index is 1.11. The second-order valence-corrected chi connectivity index (χ2v) is 10.5. The number of imidazole rings is 1. The van der Waals surface area contributed by atoms with Crippen molar-refractivity contribution in [2.45, 2.75) is 0 Å². The first kappa shape index (κ1) is 22.7. The number of fused-ring (bicyclic) bond motifs is 4. The Morgan fingerprint density at radius 2 is 0.975 bits per heavy atom. The van der Waals surface area contributed by atoms with Crippen LogP contribution < -0.4 is 4.57 Å². The van der Waals surface area contributed by atoms with Gasteiger partial charge in [-0.3, -0.25) is 0 Å². The van der Waals surface area contributed by atoms with E-state index < -0.39 is 0 Å². The summed E-state index contributed by atoms with van der Waals surface area (Å²) in [5.74, 6) is 1.11. The Labute approximate surface area is 232 Å². The van der Waals surface area contributed by atoms with Crippen molar-refractivity contribution in [3.63, 3.8) is 0 Å². The maximum atomic E-state index is 3.70. The normalized spacial score (nSPS) is 11.6. The third kappa shape index (κ3) is 3.47.